The molecular formula is C29H26N4O5. The first-order chi connectivity index (χ1) is 18.4. The van der Waals surface area contributed by atoms with Crippen LogP contribution in [0.1, 0.15) is 34.5 Å². The highest BCUT2D eigenvalue weighted by atomic mass is 16.6. The molecule has 4 aromatic rings. The number of aliphatic carboxylic acids is 1. The van der Waals surface area contributed by atoms with E-state index in [9.17, 15) is 19.5 Å². The largest absolute Gasteiger partial charge is 0.480 e. The molecule has 0 saturated heterocycles. The maximum absolute atomic E-state index is 12.7. The van der Waals surface area contributed by atoms with Crippen LogP contribution >= 0.6 is 0 Å². The second kappa shape index (κ2) is 12.3. The lowest BCUT2D eigenvalue weighted by atomic mass is 10.1. The number of nitrogens with one attached hydrogen (secondary N) is 2. The standard InChI is InChI=1S/C29H26N4O5/c1-19(21-10-6-3-7-11-21)38-29(37)32-24-17-30-26(31-18-24)22-12-14-23(15-13-22)27(34)33-25(28(35)36)16-20-8-4-2-5-9-20/h2-15,17-19,25H,16H2,1H3,(H,32,37)(H,33,34)(H,35,36). The van der Waals surface area contributed by atoms with Gasteiger partial charge in [-0.15, -0.1) is 0 Å². The minimum atomic E-state index is -1.11. The molecule has 0 fully saturated rings. The summed E-state index contributed by atoms with van der Waals surface area (Å²) in [5.74, 6) is -1.22. The zero-order valence-electron chi connectivity index (χ0n) is 20.6. The predicted molar refractivity (Wildman–Crippen MR) is 141 cm³/mol. The Bertz CT molecular complexity index is 1380. The van der Waals surface area contributed by atoms with E-state index in [2.05, 4.69) is 20.6 Å². The van der Waals surface area contributed by atoms with Crippen molar-refractivity contribution in [3.63, 3.8) is 0 Å². The number of hydrogen-bond acceptors (Lipinski definition) is 6. The number of hydrogen-bond donors (Lipinski definition) is 3. The average Bonchev–Trinajstić information content (AvgIpc) is 2.94. The second-order valence-electron chi connectivity index (χ2n) is 8.51. The van der Waals surface area contributed by atoms with E-state index < -0.39 is 30.1 Å². The van der Waals surface area contributed by atoms with Gasteiger partial charge in [0, 0.05) is 17.5 Å². The third kappa shape index (κ3) is 7.01. The number of amides is 2. The zero-order valence-corrected chi connectivity index (χ0v) is 20.6. The van der Waals surface area contributed by atoms with Crippen LogP contribution in [0.5, 0.6) is 0 Å². The second-order valence-corrected chi connectivity index (χ2v) is 8.51. The summed E-state index contributed by atoms with van der Waals surface area (Å²) in [7, 11) is 0. The summed E-state index contributed by atoms with van der Waals surface area (Å²) in [4.78, 5) is 45.1. The summed E-state index contributed by atoms with van der Waals surface area (Å²) in [5.41, 5.74) is 3.01. The molecule has 0 saturated carbocycles. The molecule has 3 aromatic carbocycles. The van der Waals surface area contributed by atoms with Crippen LogP contribution in [-0.4, -0.2) is 39.1 Å². The maximum Gasteiger partial charge on any atom is 0.412 e. The highest BCUT2D eigenvalue weighted by Gasteiger charge is 2.21. The van der Waals surface area contributed by atoms with Crippen molar-refractivity contribution in [3.8, 4) is 11.4 Å². The van der Waals surface area contributed by atoms with Gasteiger partial charge in [0.05, 0.1) is 18.1 Å². The lowest BCUT2D eigenvalue weighted by Gasteiger charge is -2.15. The van der Waals surface area contributed by atoms with E-state index in [-0.39, 0.29) is 6.42 Å². The van der Waals surface area contributed by atoms with E-state index in [0.717, 1.165) is 11.1 Å². The number of rotatable bonds is 9. The Morgan fingerprint density at radius 2 is 1.47 bits per heavy atom. The molecule has 4 rings (SSSR count). The molecule has 0 spiro atoms. The highest BCUT2D eigenvalue weighted by Crippen LogP contribution is 2.19. The molecule has 0 aliphatic rings. The number of nitrogens with zero attached hydrogens (tertiary/aromatic N) is 2. The van der Waals surface area contributed by atoms with Gasteiger partial charge in [-0.2, -0.15) is 0 Å². The average molecular weight is 511 g/mol. The molecule has 9 nitrogen and oxygen atoms in total. The molecule has 0 aliphatic carbocycles. The van der Waals surface area contributed by atoms with Crippen molar-refractivity contribution in [1.29, 1.82) is 0 Å². The molecule has 38 heavy (non-hydrogen) atoms. The van der Waals surface area contributed by atoms with Gasteiger partial charge in [-0.3, -0.25) is 10.1 Å². The normalized spacial score (nSPS) is 12.1. The third-order valence-corrected chi connectivity index (χ3v) is 5.74. The van der Waals surface area contributed by atoms with Crippen LogP contribution in [0.3, 0.4) is 0 Å². The summed E-state index contributed by atoms with van der Waals surface area (Å²) < 4.78 is 5.39. The minimum absolute atomic E-state index is 0.174. The van der Waals surface area contributed by atoms with Gasteiger partial charge in [0.15, 0.2) is 5.82 Å². The Kier molecular flexibility index (Phi) is 8.40. The number of carbonyl (C=O) groups excluding carboxylic acids is 2. The number of anilines is 1. The van der Waals surface area contributed by atoms with Crippen LogP contribution in [0.15, 0.2) is 97.3 Å². The van der Waals surface area contributed by atoms with Crippen molar-refractivity contribution < 1.29 is 24.2 Å². The topological polar surface area (TPSA) is 131 Å². The molecule has 0 aliphatic heterocycles. The fourth-order valence-corrected chi connectivity index (χ4v) is 3.70. The van der Waals surface area contributed by atoms with Crippen molar-refractivity contribution in [2.75, 3.05) is 5.32 Å². The van der Waals surface area contributed by atoms with E-state index in [4.69, 9.17) is 4.74 Å². The molecular weight excluding hydrogens is 484 g/mol. The van der Waals surface area contributed by atoms with Crippen LogP contribution in [0, 0.1) is 0 Å². The molecule has 192 valence electrons. The lowest BCUT2D eigenvalue weighted by molar-refractivity contribution is -0.139. The Balaban J connectivity index is 1.34. The lowest BCUT2D eigenvalue weighted by Crippen LogP contribution is -2.42. The number of carboxylic acids is 1. The first-order valence-corrected chi connectivity index (χ1v) is 11.9. The first-order valence-electron chi connectivity index (χ1n) is 11.9. The number of benzene rings is 3. The molecule has 2 atom stereocenters. The Hall–Kier alpha value is -5.05. The SMILES string of the molecule is CC(OC(=O)Nc1cnc(-c2ccc(C(=O)NC(Cc3ccccc3)C(=O)O)cc2)nc1)c1ccccc1. The van der Waals surface area contributed by atoms with Crippen LogP contribution in [0.2, 0.25) is 0 Å². The van der Waals surface area contributed by atoms with Crippen LogP contribution < -0.4 is 10.6 Å². The quantitative estimate of drug-likeness (QED) is 0.293. The fraction of sp³-hybridized carbons (Fsp3) is 0.138. The predicted octanol–water partition coefficient (Wildman–Crippen LogP) is 4.88. The summed E-state index contributed by atoms with van der Waals surface area (Å²) in [5, 5.41) is 14.7. The maximum atomic E-state index is 12.7. The van der Waals surface area contributed by atoms with E-state index in [1.807, 2.05) is 60.7 Å². The molecule has 1 aromatic heterocycles. The Morgan fingerprint density at radius 1 is 0.868 bits per heavy atom. The van der Waals surface area contributed by atoms with Crippen molar-refractivity contribution >= 4 is 23.7 Å². The van der Waals surface area contributed by atoms with E-state index >= 15 is 0 Å². The molecule has 2 amide bonds. The summed E-state index contributed by atoms with van der Waals surface area (Å²) in [6.07, 6.45) is 2.04. The van der Waals surface area contributed by atoms with Gasteiger partial charge in [-0.1, -0.05) is 72.8 Å². The first kappa shape index (κ1) is 26.0. The molecule has 2 unspecified atom stereocenters. The number of carboxylic acid groups (broad SMARTS) is 1. The van der Waals surface area contributed by atoms with Crippen LogP contribution in [-0.2, 0) is 16.0 Å². The van der Waals surface area contributed by atoms with Gasteiger partial charge < -0.3 is 15.2 Å². The monoisotopic (exact) mass is 510 g/mol. The van der Waals surface area contributed by atoms with Gasteiger partial charge in [-0.25, -0.2) is 19.6 Å². The highest BCUT2D eigenvalue weighted by molar-refractivity contribution is 5.97. The van der Waals surface area contributed by atoms with Crippen LogP contribution in [0.4, 0.5) is 10.5 Å². The van der Waals surface area contributed by atoms with Gasteiger partial charge in [0.2, 0.25) is 0 Å². The number of ether oxygens (including phenoxy) is 1. The van der Waals surface area contributed by atoms with E-state index in [1.165, 1.54) is 12.4 Å². The fourth-order valence-electron chi connectivity index (χ4n) is 3.70. The van der Waals surface area contributed by atoms with Crippen molar-refractivity contribution in [1.82, 2.24) is 15.3 Å². The zero-order chi connectivity index (χ0) is 26.9. The van der Waals surface area contributed by atoms with Crippen molar-refractivity contribution in [2.24, 2.45) is 0 Å². The smallest absolute Gasteiger partial charge is 0.412 e. The van der Waals surface area contributed by atoms with Gasteiger partial charge >= 0.3 is 12.1 Å². The Morgan fingerprint density at radius 3 is 2.08 bits per heavy atom. The van der Waals surface area contributed by atoms with Gasteiger partial charge in [0.25, 0.3) is 5.91 Å². The van der Waals surface area contributed by atoms with Gasteiger partial charge in [-0.05, 0) is 30.2 Å². The minimum Gasteiger partial charge on any atom is -0.480 e. The molecule has 9 heteroatoms. The summed E-state index contributed by atoms with van der Waals surface area (Å²) >= 11 is 0. The van der Waals surface area contributed by atoms with Crippen molar-refractivity contribution in [2.45, 2.75) is 25.5 Å². The number of carbonyl (C=O) groups is 3. The van der Waals surface area contributed by atoms with Crippen LogP contribution in [0.25, 0.3) is 11.4 Å². The summed E-state index contributed by atoms with van der Waals surface area (Å²) in [6.45, 7) is 1.78. The molecule has 3 N–H and O–H groups in total. The number of aromatic nitrogens is 2. The summed E-state index contributed by atoms with van der Waals surface area (Å²) in [6, 6.07) is 23.9. The van der Waals surface area contributed by atoms with E-state index in [1.54, 1.807) is 31.2 Å². The third-order valence-electron chi connectivity index (χ3n) is 5.74. The molecule has 0 bridgehead atoms. The Labute approximate surface area is 219 Å². The van der Waals surface area contributed by atoms with E-state index in [0.29, 0.717) is 22.6 Å². The molecule has 1 heterocycles. The molecule has 0 radical (unpaired) electrons. The van der Waals surface area contributed by atoms with Gasteiger partial charge in [0.1, 0.15) is 12.1 Å². The van der Waals surface area contributed by atoms with Crippen molar-refractivity contribution in [3.05, 3.63) is 114 Å².